The molecule has 4 unspecified atom stereocenters. The highest BCUT2D eigenvalue weighted by molar-refractivity contribution is 4.79. The van der Waals surface area contributed by atoms with E-state index in [1.54, 1.807) is 0 Å². The number of hydrogen-bond acceptors (Lipinski definition) is 0. The van der Waals surface area contributed by atoms with Gasteiger partial charge in [0.05, 0.1) is 0 Å². The van der Waals surface area contributed by atoms with Crippen LogP contribution >= 0.6 is 0 Å². The van der Waals surface area contributed by atoms with E-state index in [2.05, 4.69) is 27.7 Å². The van der Waals surface area contributed by atoms with E-state index >= 15 is 0 Å². The third-order valence-corrected chi connectivity index (χ3v) is 5.20. The monoisotopic (exact) mass is 238 g/mol. The van der Waals surface area contributed by atoms with Crippen LogP contribution in [0.3, 0.4) is 0 Å². The molecule has 0 bridgehead atoms. The van der Waals surface area contributed by atoms with Crippen molar-refractivity contribution >= 4 is 0 Å². The Hall–Kier alpha value is 0. The summed E-state index contributed by atoms with van der Waals surface area (Å²) in [5, 5.41) is 0. The number of rotatable bonds is 7. The molecule has 1 saturated carbocycles. The molecular formula is C17H34. The fourth-order valence-electron chi connectivity index (χ4n) is 4.09. The lowest BCUT2D eigenvalue weighted by Gasteiger charge is -2.36. The highest BCUT2D eigenvalue weighted by atomic mass is 14.3. The third kappa shape index (κ3) is 4.64. The Morgan fingerprint density at radius 1 is 1.06 bits per heavy atom. The first-order valence-corrected chi connectivity index (χ1v) is 8.22. The second kappa shape index (κ2) is 8.16. The minimum Gasteiger partial charge on any atom is -0.0654 e. The molecule has 1 aliphatic carbocycles. The standard InChI is InChI=1S/C17H34/c1-5-10-15(6-2)13-14(4)17-12-9-8-11-16(17)7-3/h14-17H,5-13H2,1-4H3. The SMILES string of the molecule is CCCC(CC)CC(C)C1CCCCC1CC. The van der Waals surface area contributed by atoms with Crippen LogP contribution in [0.5, 0.6) is 0 Å². The van der Waals surface area contributed by atoms with Crippen LogP contribution in [-0.2, 0) is 0 Å². The maximum atomic E-state index is 2.54. The largest absolute Gasteiger partial charge is 0.0654 e. The molecule has 0 radical (unpaired) electrons. The van der Waals surface area contributed by atoms with Gasteiger partial charge in [-0.1, -0.05) is 72.6 Å². The Morgan fingerprint density at radius 2 is 1.76 bits per heavy atom. The van der Waals surface area contributed by atoms with Crippen LogP contribution < -0.4 is 0 Å². The molecule has 1 rings (SSSR count). The van der Waals surface area contributed by atoms with Gasteiger partial charge in [-0.25, -0.2) is 0 Å². The Morgan fingerprint density at radius 3 is 2.35 bits per heavy atom. The van der Waals surface area contributed by atoms with E-state index in [-0.39, 0.29) is 0 Å². The maximum Gasteiger partial charge on any atom is -0.0360 e. The molecule has 0 heteroatoms. The first-order valence-electron chi connectivity index (χ1n) is 8.22. The molecule has 0 amide bonds. The van der Waals surface area contributed by atoms with Crippen molar-refractivity contribution in [3.8, 4) is 0 Å². The van der Waals surface area contributed by atoms with Gasteiger partial charge in [0.1, 0.15) is 0 Å². The zero-order valence-electron chi connectivity index (χ0n) is 12.7. The van der Waals surface area contributed by atoms with Crippen LogP contribution in [0.4, 0.5) is 0 Å². The smallest absolute Gasteiger partial charge is 0.0360 e. The average Bonchev–Trinajstić information content (AvgIpc) is 2.38. The minimum atomic E-state index is 0.969. The zero-order chi connectivity index (χ0) is 12.7. The van der Waals surface area contributed by atoms with Crippen LogP contribution in [-0.4, -0.2) is 0 Å². The first-order chi connectivity index (χ1) is 8.22. The summed E-state index contributed by atoms with van der Waals surface area (Å²) in [6.07, 6.45) is 13.1. The van der Waals surface area contributed by atoms with E-state index in [4.69, 9.17) is 0 Å². The molecule has 0 spiro atoms. The lowest BCUT2D eigenvalue weighted by molar-refractivity contribution is 0.143. The van der Waals surface area contributed by atoms with Gasteiger partial charge >= 0.3 is 0 Å². The summed E-state index contributed by atoms with van der Waals surface area (Å²) in [6, 6.07) is 0. The van der Waals surface area contributed by atoms with Crippen molar-refractivity contribution in [1.82, 2.24) is 0 Å². The van der Waals surface area contributed by atoms with E-state index in [0.29, 0.717) is 0 Å². The van der Waals surface area contributed by atoms with Crippen molar-refractivity contribution in [3.05, 3.63) is 0 Å². The molecular weight excluding hydrogens is 204 g/mol. The molecule has 0 aromatic heterocycles. The molecule has 1 aliphatic rings. The summed E-state index contributed by atoms with van der Waals surface area (Å²) in [6.45, 7) is 9.66. The van der Waals surface area contributed by atoms with Crippen LogP contribution in [0.1, 0.15) is 85.5 Å². The molecule has 0 nitrogen and oxygen atoms in total. The van der Waals surface area contributed by atoms with Crippen LogP contribution in [0, 0.1) is 23.7 Å². The highest BCUT2D eigenvalue weighted by Crippen LogP contribution is 2.39. The quantitative estimate of drug-likeness (QED) is 0.506. The van der Waals surface area contributed by atoms with Gasteiger partial charge < -0.3 is 0 Å². The normalized spacial score (nSPS) is 28.9. The molecule has 0 saturated heterocycles. The predicted octanol–water partition coefficient (Wildman–Crippen LogP) is 6.06. The average molecular weight is 238 g/mol. The summed E-state index contributed by atoms with van der Waals surface area (Å²) in [5.41, 5.74) is 0. The molecule has 0 aromatic carbocycles. The van der Waals surface area contributed by atoms with Crippen molar-refractivity contribution < 1.29 is 0 Å². The topological polar surface area (TPSA) is 0 Å². The van der Waals surface area contributed by atoms with E-state index in [1.165, 1.54) is 57.8 Å². The molecule has 4 atom stereocenters. The number of hydrogen-bond donors (Lipinski definition) is 0. The summed E-state index contributed by atoms with van der Waals surface area (Å²) in [7, 11) is 0. The molecule has 0 aliphatic heterocycles. The summed E-state index contributed by atoms with van der Waals surface area (Å²) in [4.78, 5) is 0. The van der Waals surface area contributed by atoms with E-state index in [9.17, 15) is 0 Å². The fraction of sp³-hybridized carbons (Fsp3) is 1.00. The molecule has 1 fully saturated rings. The van der Waals surface area contributed by atoms with Crippen LogP contribution in [0.25, 0.3) is 0 Å². The van der Waals surface area contributed by atoms with Crippen molar-refractivity contribution in [1.29, 1.82) is 0 Å². The maximum absolute atomic E-state index is 2.54. The lowest BCUT2D eigenvalue weighted by Crippen LogP contribution is -2.26. The molecule has 0 heterocycles. The summed E-state index contributed by atoms with van der Waals surface area (Å²) < 4.78 is 0. The first kappa shape index (κ1) is 15.1. The second-order valence-corrected chi connectivity index (χ2v) is 6.39. The van der Waals surface area contributed by atoms with Crippen molar-refractivity contribution in [2.24, 2.45) is 23.7 Å². The third-order valence-electron chi connectivity index (χ3n) is 5.20. The summed E-state index contributed by atoms with van der Waals surface area (Å²) in [5.74, 6) is 4.05. The van der Waals surface area contributed by atoms with Crippen LogP contribution in [0.2, 0.25) is 0 Å². The minimum absolute atomic E-state index is 0.969. The van der Waals surface area contributed by atoms with Gasteiger partial charge in [0.15, 0.2) is 0 Å². The van der Waals surface area contributed by atoms with Crippen molar-refractivity contribution in [2.45, 2.75) is 85.5 Å². The van der Waals surface area contributed by atoms with E-state index < -0.39 is 0 Å². The Kier molecular flexibility index (Phi) is 7.23. The van der Waals surface area contributed by atoms with Gasteiger partial charge in [-0.05, 0) is 36.5 Å². The fourth-order valence-corrected chi connectivity index (χ4v) is 4.09. The second-order valence-electron chi connectivity index (χ2n) is 6.39. The Labute approximate surface area is 110 Å². The highest BCUT2D eigenvalue weighted by Gasteiger charge is 2.29. The van der Waals surface area contributed by atoms with Gasteiger partial charge in [-0.15, -0.1) is 0 Å². The zero-order valence-corrected chi connectivity index (χ0v) is 12.7. The molecule has 102 valence electrons. The Bertz CT molecular complexity index is 184. The Balaban J connectivity index is 2.45. The lowest BCUT2D eigenvalue weighted by atomic mass is 9.69. The van der Waals surface area contributed by atoms with Gasteiger partial charge in [0.25, 0.3) is 0 Å². The van der Waals surface area contributed by atoms with Crippen LogP contribution in [0.15, 0.2) is 0 Å². The van der Waals surface area contributed by atoms with Gasteiger partial charge in [-0.2, -0.15) is 0 Å². The van der Waals surface area contributed by atoms with Gasteiger partial charge in [0, 0.05) is 0 Å². The predicted molar refractivity (Wildman–Crippen MR) is 78.2 cm³/mol. The van der Waals surface area contributed by atoms with Crippen molar-refractivity contribution in [3.63, 3.8) is 0 Å². The summed E-state index contributed by atoms with van der Waals surface area (Å²) >= 11 is 0. The van der Waals surface area contributed by atoms with Gasteiger partial charge in [0.2, 0.25) is 0 Å². The van der Waals surface area contributed by atoms with E-state index in [1.807, 2.05) is 0 Å². The van der Waals surface area contributed by atoms with E-state index in [0.717, 1.165) is 23.7 Å². The molecule has 0 aromatic rings. The van der Waals surface area contributed by atoms with Crippen molar-refractivity contribution in [2.75, 3.05) is 0 Å². The van der Waals surface area contributed by atoms with Gasteiger partial charge in [-0.3, -0.25) is 0 Å². The molecule has 17 heavy (non-hydrogen) atoms. The molecule has 0 N–H and O–H groups in total.